The Labute approximate surface area is 119 Å². The first-order valence-electron chi connectivity index (χ1n) is 6.00. The first-order chi connectivity index (χ1) is 8.97. The quantitative estimate of drug-likeness (QED) is 0.866. The highest BCUT2D eigenvalue weighted by Crippen LogP contribution is 2.26. The van der Waals surface area contributed by atoms with Crippen molar-refractivity contribution < 1.29 is 14.7 Å². The summed E-state index contributed by atoms with van der Waals surface area (Å²) in [5, 5.41) is 11.8. The molecule has 6 heteroatoms. The van der Waals surface area contributed by atoms with E-state index in [9.17, 15) is 9.59 Å². The van der Waals surface area contributed by atoms with Gasteiger partial charge < -0.3 is 15.3 Å². The molecule has 0 spiro atoms. The summed E-state index contributed by atoms with van der Waals surface area (Å²) in [5.41, 5.74) is 1.00. The van der Waals surface area contributed by atoms with Crippen LogP contribution in [0.2, 0.25) is 0 Å². The van der Waals surface area contributed by atoms with Crippen LogP contribution in [0.15, 0.2) is 22.7 Å². The van der Waals surface area contributed by atoms with Crippen LogP contribution in [0.3, 0.4) is 0 Å². The molecule has 0 heterocycles. The molecular weight excluding hydrogens is 312 g/mol. The molecule has 1 aromatic carbocycles. The lowest BCUT2D eigenvalue weighted by Gasteiger charge is -2.20. The zero-order valence-corrected chi connectivity index (χ0v) is 12.1. The van der Waals surface area contributed by atoms with Crippen molar-refractivity contribution in [2.75, 3.05) is 18.5 Å². The Morgan fingerprint density at radius 3 is 2.68 bits per heavy atom. The average molecular weight is 327 g/mol. The van der Waals surface area contributed by atoms with E-state index in [0.717, 1.165) is 18.5 Å². The first-order valence-corrected chi connectivity index (χ1v) is 6.80. The van der Waals surface area contributed by atoms with E-state index in [1.54, 1.807) is 18.0 Å². The molecule has 2 rings (SSSR count). The second kappa shape index (κ2) is 5.61. The van der Waals surface area contributed by atoms with Crippen LogP contribution >= 0.6 is 15.9 Å². The number of hydrogen-bond acceptors (Lipinski definition) is 3. The molecule has 0 atom stereocenters. The summed E-state index contributed by atoms with van der Waals surface area (Å²) in [6.45, 7) is 0.252. The summed E-state index contributed by atoms with van der Waals surface area (Å²) >= 11 is 3.33. The molecule has 1 aromatic rings. The predicted molar refractivity (Wildman–Crippen MR) is 75.5 cm³/mol. The van der Waals surface area contributed by atoms with Crippen LogP contribution in [0.1, 0.15) is 23.2 Å². The highest BCUT2D eigenvalue weighted by molar-refractivity contribution is 9.10. The second-order valence-electron chi connectivity index (χ2n) is 4.67. The third-order valence-corrected chi connectivity index (χ3v) is 3.56. The molecule has 1 aliphatic rings. The molecule has 1 amide bonds. The van der Waals surface area contributed by atoms with E-state index in [1.807, 2.05) is 0 Å². The molecule has 1 saturated carbocycles. The predicted octanol–water partition coefficient (Wildman–Crippen LogP) is 1.86. The topological polar surface area (TPSA) is 69.6 Å². The Balaban J connectivity index is 2.03. The number of rotatable bonds is 5. The molecule has 0 bridgehead atoms. The molecule has 0 aromatic heterocycles. The normalized spacial score (nSPS) is 14.0. The van der Waals surface area contributed by atoms with Gasteiger partial charge in [-0.2, -0.15) is 0 Å². The van der Waals surface area contributed by atoms with Crippen LogP contribution in [0.5, 0.6) is 0 Å². The van der Waals surface area contributed by atoms with E-state index >= 15 is 0 Å². The van der Waals surface area contributed by atoms with E-state index in [2.05, 4.69) is 21.2 Å². The fourth-order valence-electron chi connectivity index (χ4n) is 1.75. The highest BCUT2D eigenvalue weighted by atomic mass is 79.9. The van der Waals surface area contributed by atoms with Gasteiger partial charge in [0.25, 0.3) is 0 Å². The number of benzene rings is 1. The van der Waals surface area contributed by atoms with Crippen molar-refractivity contribution in [1.82, 2.24) is 5.32 Å². The molecule has 0 saturated heterocycles. The molecule has 0 aliphatic heterocycles. The SMILES string of the molecule is CN(CC(=O)NC1CC1)c1ccc(C(=O)O)cc1Br. The van der Waals surface area contributed by atoms with Crippen molar-refractivity contribution in [2.45, 2.75) is 18.9 Å². The van der Waals surface area contributed by atoms with Gasteiger partial charge in [-0.25, -0.2) is 4.79 Å². The van der Waals surface area contributed by atoms with Gasteiger partial charge in [-0.05, 0) is 47.0 Å². The zero-order valence-electron chi connectivity index (χ0n) is 10.5. The number of carboxylic acids is 1. The summed E-state index contributed by atoms with van der Waals surface area (Å²) in [5.74, 6) is -0.986. The van der Waals surface area contributed by atoms with E-state index in [1.165, 1.54) is 12.1 Å². The minimum Gasteiger partial charge on any atom is -0.478 e. The number of carboxylic acid groups (broad SMARTS) is 1. The van der Waals surface area contributed by atoms with Gasteiger partial charge >= 0.3 is 5.97 Å². The third kappa shape index (κ3) is 3.70. The van der Waals surface area contributed by atoms with Crippen molar-refractivity contribution >= 4 is 33.5 Å². The van der Waals surface area contributed by atoms with Crippen LogP contribution in [0.25, 0.3) is 0 Å². The summed E-state index contributed by atoms with van der Waals surface area (Å²) in [6.07, 6.45) is 2.12. The standard InChI is InChI=1S/C13H15BrN2O3/c1-16(7-12(17)15-9-3-4-9)11-5-2-8(13(18)19)6-10(11)14/h2,5-6,9H,3-4,7H2,1H3,(H,15,17)(H,18,19). The third-order valence-electron chi connectivity index (χ3n) is 2.93. The molecule has 1 fully saturated rings. The monoisotopic (exact) mass is 326 g/mol. The number of likely N-dealkylation sites (N-methyl/N-ethyl adjacent to an activating group) is 1. The molecule has 0 radical (unpaired) electrons. The van der Waals surface area contributed by atoms with Gasteiger partial charge in [-0.15, -0.1) is 0 Å². The van der Waals surface area contributed by atoms with Crippen LogP contribution in [0.4, 0.5) is 5.69 Å². The summed E-state index contributed by atoms with van der Waals surface area (Å²) in [7, 11) is 1.80. The minimum atomic E-state index is -0.971. The lowest BCUT2D eigenvalue weighted by Crippen LogP contribution is -2.36. The number of carbonyl (C=O) groups excluding carboxylic acids is 1. The number of aromatic carboxylic acids is 1. The summed E-state index contributed by atoms with van der Waals surface area (Å²) in [4.78, 5) is 24.3. The molecule has 1 aliphatic carbocycles. The number of hydrogen-bond donors (Lipinski definition) is 2. The number of amides is 1. The largest absolute Gasteiger partial charge is 0.478 e. The molecule has 5 nitrogen and oxygen atoms in total. The van der Waals surface area contributed by atoms with Crippen molar-refractivity contribution in [1.29, 1.82) is 0 Å². The van der Waals surface area contributed by atoms with Gasteiger partial charge in [0.1, 0.15) is 0 Å². The van der Waals surface area contributed by atoms with Crippen molar-refractivity contribution in [3.05, 3.63) is 28.2 Å². The maximum atomic E-state index is 11.7. The lowest BCUT2D eigenvalue weighted by molar-refractivity contribution is -0.119. The Morgan fingerprint density at radius 2 is 2.16 bits per heavy atom. The fourth-order valence-corrected chi connectivity index (χ4v) is 2.43. The van der Waals surface area contributed by atoms with Gasteiger partial charge in [-0.3, -0.25) is 4.79 Å². The van der Waals surface area contributed by atoms with Crippen LogP contribution in [-0.2, 0) is 4.79 Å². The molecular formula is C13H15BrN2O3. The number of anilines is 1. The highest BCUT2D eigenvalue weighted by Gasteiger charge is 2.23. The van der Waals surface area contributed by atoms with Gasteiger partial charge in [0, 0.05) is 17.6 Å². The molecule has 2 N–H and O–H groups in total. The van der Waals surface area contributed by atoms with Gasteiger partial charge in [0.15, 0.2) is 0 Å². The number of carbonyl (C=O) groups is 2. The maximum Gasteiger partial charge on any atom is 0.335 e. The average Bonchev–Trinajstić information content (AvgIpc) is 3.12. The Kier molecular flexibility index (Phi) is 4.09. The van der Waals surface area contributed by atoms with Crippen LogP contribution in [-0.4, -0.2) is 36.6 Å². The van der Waals surface area contributed by atoms with Gasteiger partial charge in [0.05, 0.1) is 17.8 Å². The minimum absolute atomic E-state index is 0.0146. The molecule has 102 valence electrons. The Morgan fingerprint density at radius 1 is 1.47 bits per heavy atom. The smallest absolute Gasteiger partial charge is 0.335 e. The number of halogens is 1. The maximum absolute atomic E-state index is 11.7. The molecule has 19 heavy (non-hydrogen) atoms. The fraction of sp³-hybridized carbons (Fsp3) is 0.385. The van der Waals surface area contributed by atoms with E-state index in [0.29, 0.717) is 10.5 Å². The Hall–Kier alpha value is -1.56. The van der Waals surface area contributed by atoms with Crippen molar-refractivity contribution in [3.8, 4) is 0 Å². The lowest BCUT2D eigenvalue weighted by atomic mass is 10.2. The Bertz CT molecular complexity index is 515. The van der Waals surface area contributed by atoms with Gasteiger partial charge in [-0.1, -0.05) is 0 Å². The van der Waals surface area contributed by atoms with Crippen molar-refractivity contribution in [3.63, 3.8) is 0 Å². The van der Waals surface area contributed by atoms with Crippen LogP contribution < -0.4 is 10.2 Å². The van der Waals surface area contributed by atoms with Crippen molar-refractivity contribution in [2.24, 2.45) is 0 Å². The molecule has 0 unspecified atom stereocenters. The van der Waals surface area contributed by atoms with E-state index in [-0.39, 0.29) is 18.0 Å². The van der Waals surface area contributed by atoms with E-state index < -0.39 is 5.97 Å². The number of nitrogens with zero attached hydrogens (tertiary/aromatic N) is 1. The summed E-state index contributed by atoms with van der Waals surface area (Å²) < 4.78 is 0.661. The van der Waals surface area contributed by atoms with E-state index in [4.69, 9.17) is 5.11 Å². The summed E-state index contributed by atoms with van der Waals surface area (Å²) in [6, 6.07) is 5.10. The van der Waals surface area contributed by atoms with Crippen LogP contribution in [0, 0.1) is 0 Å². The second-order valence-corrected chi connectivity index (χ2v) is 5.52. The zero-order chi connectivity index (χ0) is 14.0. The number of nitrogens with one attached hydrogen (secondary N) is 1. The first kappa shape index (κ1) is 13.9. The van der Waals surface area contributed by atoms with Gasteiger partial charge in [0.2, 0.25) is 5.91 Å².